The molecule has 0 unspecified atom stereocenters. The summed E-state index contributed by atoms with van der Waals surface area (Å²) >= 11 is 0. The van der Waals surface area contributed by atoms with Crippen molar-refractivity contribution in [2.45, 2.75) is 0 Å². The predicted molar refractivity (Wildman–Crippen MR) is 22.8 cm³/mol. The molecule has 0 saturated heterocycles. The van der Waals surface area contributed by atoms with Crippen molar-refractivity contribution in [3.8, 4) is 0 Å². The van der Waals surface area contributed by atoms with E-state index in [0.717, 1.165) is 0 Å². The van der Waals surface area contributed by atoms with Crippen molar-refractivity contribution in [2.24, 2.45) is 0 Å². The number of hydrogen-bond donors (Lipinski definition) is 0. The largest absolute Gasteiger partial charge is 4.00 e. The Morgan fingerprint density at radius 2 is 0.714 bits per heavy atom. The van der Waals surface area contributed by atoms with Gasteiger partial charge in [0.05, 0.1) is 0 Å². The molecule has 0 aliphatic rings. The SMILES string of the molecule is C=C.[Cl-].[Cl-].[In+3].[In+3].[Zr+4]. The summed E-state index contributed by atoms with van der Waals surface area (Å²) in [5, 5.41) is 0. The smallest absolute Gasteiger partial charge is 1.00 e. The van der Waals surface area contributed by atoms with Crippen LogP contribution >= 0.6 is 0 Å². The fourth-order valence-corrected chi connectivity index (χ4v) is 0. The van der Waals surface area contributed by atoms with Crippen LogP contribution in [0.5, 0.6) is 0 Å². The first kappa shape index (κ1) is 51.1. The second-order valence-electron chi connectivity index (χ2n) is 0. The molecule has 0 nitrogen and oxygen atoms in total. The van der Waals surface area contributed by atoms with Gasteiger partial charge in [-0.15, -0.1) is 13.2 Å². The minimum absolute atomic E-state index is 0. The predicted octanol–water partition coefficient (Wildman–Crippen LogP) is -5.95. The van der Waals surface area contributed by atoms with Crippen molar-refractivity contribution in [1.82, 2.24) is 0 Å². The van der Waals surface area contributed by atoms with Gasteiger partial charge in [-0.2, -0.15) is 0 Å². The summed E-state index contributed by atoms with van der Waals surface area (Å²) in [4.78, 5) is 0. The van der Waals surface area contributed by atoms with E-state index in [0.29, 0.717) is 0 Å². The molecule has 0 aliphatic heterocycles. The zero-order valence-electron chi connectivity index (χ0n) is 3.82. The van der Waals surface area contributed by atoms with Crippen molar-refractivity contribution in [3.05, 3.63) is 13.2 Å². The molecular weight excluding hydrogens is 416 g/mol. The molecule has 7 heavy (non-hydrogen) atoms. The number of halogens is 2. The molecule has 0 bridgehead atoms. The van der Waals surface area contributed by atoms with Gasteiger partial charge in [-0.3, -0.25) is 0 Å². The van der Waals surface area contributed by atoms with Gasteiger partial charge in [0, 0.05) is 0 Å². The molecule has 5 heteroatoms. The van der Waals surface area contributed by atoms with E-state index in [1.54, 1.807) is 0 Å². The van der Waals surface area contributed by atoms with Crippen LogP contribution in [0.2, 0.25) is 0 Å². The van der Waals surface area contributed by atoms with E-state index in [-0.39, 0.29) is 103 Å². The van der Waals surface area contributed by atoms with Crippen molar-refractivity contribution < 1.29 is 51.0 Å². The molecule has 0 radical (unpaired) electrons. The molecule has 0 atom stereocenters. The van der Waals surface area contributed by atoms with E-state index in [2.05, 4.69) is 13.2 Å². The van der Waals surface area contributed by atoms with Gasteiger partial charge >= 0.3 is 77.9 Å². The molecule has 0 aliphatic carbocycles. The van der Waals surface area contributed by atoms with Crippen LogP contribution in [0.1, 0.15) is 0 Å². The Balaban J connectivity index is -0.000000000500. The van der Waals surface area contributed by atoms with E-state index >= 15 is 0 Å². The fourth-order valence-electron chi connectivity index (χ4n) is 0. The van der Waals surface area contributed by atoms with Gasteiger partial charge < -0.3 is 24.8 Å². The Morgan fingerprint density at radius 1 is 0.714 bits per heavy atom. The van der Waals surface area contributed by atoms with Gasteiger partial charge in [0.2, 0.25) is 0 Å². The molecule has 0 amide bonds. The van der Waals surface area contributed by atoms with E-state index in [4.69, 9.17) is 0 Å². The van der Waals surface area contributed by atoms with Crippen LogP contribution in [0.3, 0.4) is 0 Å². The summed E-state index contributed by atoms with van der Waals surface area (Å²) in [6, 6.07) is 0. The third kappa shape index (κ3) is 49.8. The van der Waals surface area contributed by atoms with Crippen molar-refractivity contribution in [1.29, 1.82) is 0 Å². The molecule has 0 fully saturated rings. The molecule has 28 valence electrons. The summed E-state index contributed by atoms with van der Waals surface area (Å²) in [7, 11) is 0. The zero-order valence-corrected chi connectivity index (χ0v) is 14.4. The van der Waals surface area contributed by atoms with Crippen LogP contribution in [-0.2, 0) is 26.2 Å². The topological polar surface area (TPSA) is 0 Å². The van der Waals surface area contributed by atoms with Crippen LogP contribution in [0.25, 0.3) is 0 Å². The van der Waals surface area contributed by atoms with Gasteiger partial charge in [-0.05, 0) is 0 Å². The average Bonchev–Trinajstić information content (AvgIpc) is 1.00. The minimum Gasteiger partial charge on any atom is -1.00 e. The van der Waals surface area contributed by atoms with Gasteiger partial charge in [0.15, 0.2) is 0 Å². The van der Waals surface area contributed by atoms with Crippen LogP contribution in [0.15, 0.2) is 13.2 Å². The van der Waals surface area contributed by atoms with E-state index in [9.17, 15) is 0 Å². The van der Waals surface area contributed by atoms with Crippen LogP contribution in [-0.4, -0.2) is 51.7 Å². The van der Waals surface area contributed by atoms with Gasteiger partial charge in [-0.1, -0.05) is 0 Å². The van der Waals surface area contributed by atoms with E-state index in [1.807, 2.05) is 0 Å². The van der Waals surface area contributed by atoms with Gasteiger partial charge in [0.1, 0.15) is 0 Å². The maximum atomic E-state index is 3.00. The molecule has 0 saturated carbocycles. The molecule has 0 N–H and O–H groups in total. The van der Waals surface area contributed by atoms with E-state index in [1.165, 1.54) is 0 Å². The summed E-state index contributed by atoms with van der Waals surface area (Å²) in [6.45, 7) is 6.00. The normalized spacial score (nSPS) is 0.571. The molecular formula is C2H4Cl2In2Zr+8. The first-order valence-electron chi connectivity index (χ1n) is 0.500. The Bertz CT molecular complexity index is 13.7. The summed E-state index contributed by atoms with van der Waals surface area (Å²) in [5.41, 5.74) is 0. The standard InChI is InChI=1S/C2H4.2ClH.2In.Zr/c1-2;;;;;/h1-2H2;2*1H;;;/q;;;2*+3;+4/p-2. The molecule has 0 rings (SSSR count). The molecule has 0 heterocycles. The summed E-state index contributed by atoms with van der Waals surface area (Å²) in [5.74, 6) is 0. The summed E-state index contributed by atoms with van der Waals surface area (Å²) < 4.78 is 0. The first-order chi connectivity index (χ1) is 1.00. The quantitative estimate of drug-likeness (QED) is 0.343. The molecule has 0 aromatic heterocycles. The van der Waals surface area contributed by atoms with Crippen molar-refractivity contribution in [3.63, 3.8) is 0 Å². The average molecular weight is 420 g/mol. The fraction of sp³-hybridized carbons (Fsp3) is 0. The molecule has 0 aromatic rings. The first-order valence-corrected chi connectivity index (χ1v) is 0.500. The number of rotatable bonds is 0. The summed E-state index contributed by atoms with van der Waals surface area (Å²) in [6.07, 6.45) is 0. The maximum absolute atomic E-state index is 3.00. The monoisotopic (exact) mass is 418 g/mol. The van der Waals surface area contributed by atoms with Crippen LogP contribution in [0, 0.1) is 0 Å². The Morgan fingerprint density at radius 3 is 0.714 bits per heavy atom. The zero-order chi connectivity index (χ0) is 2.00. The minimum atomic E-state index is 0. The van der Waals surface area contributed by atoms with Gasteiger partial charge in [0.25, 0.3) is 0 Å². The Kier molecular flexibility index (Phi) is 476. The Labute approximate surface area is 114 Å². The second kappa shape index (κ2) is 65.1. The second-order valence-corrected chi connectivity index (χ2v) is 0. The van der Waals surface area contributed by atoms with Crippen LogP contribution in [0.4, 0.5) is 0 Å². The van der Waals surface area contributed by atoms with E-state index < -0.39 is 0 Å². The maximum Gasteiger partial charge on any atom is 4.00 e. The third-order valence-electron chi connectivity index (χ3n) is 0. The third-order valence-corrected chi connectivity index (χ3v) is 0. The number of hydrogen-bond acceptors (Lipinski definition) is 0. The van der Waals surface area contributed by atoms with Crippen LogP contribution < -0.4 is 24.8 Å². The Hall–Kier alpha value is 2.94. The van der Waals surface area contributed by atoms with Gasteiger partial charge in [-0.25, -0.2) is 0 Å². The molecule has 0 spiro atoms. The van der Waals surface area contributed by atoms with Crippen molar-refractivity contribution >= 4 is 51.7 Å². The van der Waals surface area contributed by atoms with Crippen molar-refractivity contribution in [2.75, 3.05) is 0 Å². The molecule has 0 aromatic carbocycles.